The molecule has 1 saturated heterocycles. The van der Waals surface area contributed by atoms with Crippen molar-refractivity contribution in [2.24, 2.45) is 46.4 Å². The highest BCUT2D eigenvalue weighted by atomic mass is 16.3. The minimum absolute atomic E-state index is 0.0629. The number of hydrogen-bond donors (Lipinski definition) is 17. The molecule has 76 heavy (non-hydrogen) atoms. The van der Waals surface area contributed by atoms with Gasteiger partial charge in [0.1, 0.15) is 54.4 Å². The highest BCUT2D eigenvalue weighted by Crippen LogP contribution is 2.27. The van der Waals surface area contributed by atoms with Crippen LogP contribution in [0.2, 0.25) is 0 Å². The second kappa shape index (κ2) is 34.2. The van der Waals surface area contributed by atoms with E-state index in [4.69, 9.17) is 28.7 Å². The van der Waals surface area contributed by atoms with E-state index in [-0.39, 0.29) is 88.9 Å². The van der Waals surface area contributed by atoms with E-state index in [1.165, 1.54) is 13.8 Å². The van der Waals surface area contributed by atoms with Crippen molar-refractivity contribution in [3.8, 4) is 0 Å². The van der Waals surface area contributed by atoms with Gasteiger partial charge in [0.2, 0.25) is 59.1 Å². The summed E-state index contributed by atoms with van der Waals surface area (Å²) in [7, 11) is 0. The molecular weight excluding hydrogens is 991 g/mol. The molecule has 0 radical (unpaired) electrons. The molecule has 2 aliphatic rings. The van der Waals surface area contributed by atoms with E-state index in [2.05, 4.69) is 53.2 Å². The molecule has 1 saturated carbocycles. The fraction of sp³-hybridized carbons (Fsp3) is 0.796. The van der Waals surface area contributed by atoms with Crippen molar-refractivity contribution < 1.29 is 58.2 Å². The Morgan fingerprint density at radius 3 is 1.45 bits per heavy atom. The summed E-state index contributed by atoms with van der Waals surface area (Å²) in [4.78, 5) is 139. The van der Waals surface area contributed by atoms with Gasteiger partial charge in [-0.15, -0.1) is 0 Å². The second-order valence-corrected chi connectivity index (χ2v) is 20.9. The fourth-order valence-electron chi connectivity index (χ4n) is 9.00. The lowest BCUT2D eigenvalue weighted by molar-refractivity contribution is -0.136. The monoisotopic (exact) mass is 1080 g/mol. The predicted octanol–water partition coefficient (Wildman–Crippen LogP) is -5.58. The van der Waals surface area contributed by atoms with Gasteiger partial charge in [-0.2, -0.15) is 0 Å². The van der Waals surface area contributed by atoms with Gasteiger partial charge in [-0.05, 0) is 116 Å². The number of rotatable bonds is 22. The van der Waals surface area contributed by atoms with Gasteiger partial charge in [0, 0.05) is 19.0 Å². The van der Waals surface area contributed by atoms with Gasteiger partial charge in [-0.1, -0.05) is 47.0 Å². The van der Waals surface area contributed by atoms with Crippen molar-refractivity contribution in [3.63, 3.8) is 0 Å². The third kappa shape index (κ3) is 22.9. The first-order chi connectivity index (χ1) is 35.9. The number of hydrogen-bond acceptors (Lipinski definition) is 17. The van der Waals surface area contributed by atoms with Crippen molar-refractivity contribution in [3.05, 3.63) is 0 Å². The average Bonchev–Trinajstić information content (AvgIpc) is 3.34. The molecule has 0 aromatic heterocycles. The third-order valence-electron chi connectivity index (χ3n) is 13.2. The van der Waals surface area contributed by atoms with Crippen LogP contribution >= 0.6 is 0 Å². The molecule has 2 fully saturated rings. The van der Waals surface area contributed by atoms with E-state index >= 15 is 0 Å². The van der Waals surface area contributed by atoms with Crippen LogP contribution in [-0.4, -0.2) is 175 Å². The van der Waals surface area contributed by atoms with Crippen LogP contribution in [0, 0.1) is 17.8 Å². The van der Waals surface area contributed by atoms with Crippen LogP contribution in [0.3, 0.4) is 0 Å². The standard InChI is InChI=1S/C49H91N15O12/c1-25(2)22-36-46(73)58-31(12-17-50)41(68)57-34(15-20-53)45(72)64-39(27(5)65)48(75)55-21-16-35(44(71)56-32(13-18-51)43(70)61-37(23-26(3)4)47(74)62-36)59-42(69)33(14-19-52)60-49(76)40(28(6)66)63-38(67)24-30(54)29-10-8-7-9-11-29/h25-37,39-40,65-66H,7-24,50-54H2,1-6H3,(H,55,75)(H,56,71)(H,57,68)(H,58,73)(H,59,69)(H,60,76)(H,61,70)(H,62,74)(H,63,67)(H,64,72)/t27?,28?,30?,31-,32-,33-,34-,35-,36-,37+,39?,40-/m0/s1. The Bertz CT molecular complexity index is 1920. The fourth-order valence-corrected chi connectivity index (χ4v) is 9.00. The minimum Gasteiger partial charge on any atom is -0.391 e. The van der Waals surface area contributed by atoms with Gasteiger partial charge < -0.3 is 92.0 Å². The van der Waals surface area contributed by atoms with Gasteiger partial charge in [0.05, 0.1) is 12.2 Å². The van der Waals surface area contributed by atoms with Crippen LogP contribution in [0.25, 0.3) is 0 Å². The maximum atomic E-state index is 14.3. The third-order valence-corrected chi connectivity index (χ3v) is 13.2. The van der Waals surface area contributed by atoms with Gasteiger partial charge in [-0.3, -0.25) is 47.9 Å². The number of carbonyl (C=O) groups excluding carboxylic acids is 10. The topological polar surface area (TPSA) is 462 Å². The van der Waals surface area contributed by atoms with Crippen molar-refractivity contribution in [2.45, 2.75) is 198 Å². The Balaban J connectivity index is 2.63. The van der Waals surface area contributed by atoms with Crippen LogP contribution in [0.1, 0.15) is 125 Å². The molecule has 12 atom stereocenters. The molecule has 4 unspecified atom stereocenters. The molecule has 1 aliphatic carbocycles. The normalized spacial score (nSPS) is 25.5. The summed E-state index contributed by atoms with van der Waals surface area (Å²) in [6.45, 7) is 8.70. The van der Waals surface area contributed by atoms with Crippen LogP contribution in [0.4, 0.5) is 0 Å². The molecule has 22 N–H and O–H groups in total. The van der Waals surface area contributed by atoms with Crippen molar-refractivity contribution in [1.29, 1.82) is 0 Å². The Hall–Kier alpha value is -5.58. The summed E-state index contributed by atoms with van der Waals surface area (Å²) >= 11 is 0. The molecule has 27 nitrogen and oxygen atoms in total. The zero-order valence-electron chi connectivity index (χ0n) is 45.3. The highest BCUT2D eigenvalue weighted by molar-refractivity contribution is 5.98. The van der Waals surface area contributed by atoms with Crippen molar-refractivity contribution in [2.75, 3.05) is 32.7 Å². The number of aliphatic hydroxyl groups excluding tert-OH is 2. The molecule has 0 bridgehead atoms. The van der Waals surface area contributed by atoms with Crippen LogP contribution in [0.15, 0.2) is 0 Å². The number of nitrogens with one attached hydrogen (secondary N) is 10. The first-order valence-corrected chi connectivity index (χ1v) is 26.8. The molecule has 1 aliphatic heterocycles. The van der Waals surface area contributed by atoms with E-state index in [0.717, 1.165) is 32.1 Å². The number of nitrogens with two attached hydrogens (primary N) is 5. The summed E-state index contributed by atoms with van der Waals surface area (Å²) in [5.74, 6) is -8.88. The Labute approximate surface area is 446 Å². The van der Waals surface area contributed by atoms with Gasteiger partial charge in [-0.25, -0.2) is 0 Å². The number of aliphatic hydroxyl groups is 2. The quantitative estimate of drug-likeness (QED) is 0.0481. The van der Waals surface area contributed by atoms with Crippen LogP contribution < -0.4 is 81.8 Å². The summed E-state index contributed by atoms with van der Waals surface area (Å²) in [5.41, 5.74) is 29.8. The average molecular weight is 1080 g/mol. The van der Waals surface area contributed by atoms with Crippen LogP contribution in [0.5, 0.6) is 0 Å². The second-order valence-electron chi connectivity index (χ2n) is 20.9. The summed E-state index contributed by atoms with van der Waals surface area (Å²) in [5, 5.41) is 46.9. The molecule has 27 heteroatoms. The van der Waals surface area contributed by atoms with Crippen molar-refractivity contribution in [1.82, 2.24) is 53.2 Å². The molecule has 434 valence electrons. The lowest BCUT2D eigenvalue weighted by atomic mass is 9.83. The van der Waals surface area contributed by atoms with E-state index in [1.807, 2.05) is 0 Å². The largest absolute Gasteiger partial charge is 0.391 e. The molecular formula is C49H91N15O12. The minimum atomic E-state index is -1.65. The summed E-state index contributed by atoms with van der Waals surface area (Å²) in [6, 6.07) is -13.4. The molecule has 1 heterocycles. The summed E-state index contributed by atoms with van der Waals surface area (Å²) < 4.78 is 0. The smallest absolute Gasteiger partial charge is 0.245 e. The van der Waals surface area contributed by atoms with Crippen LogP contribution in [-0.2, 0) is 47.9 Å². The SMILES string of the molecule is CC(C)C[C@@H]1NC(=O)[C@@H](CC(C)C)NC(=O)[C@H](CCN)NC(=O)[C@@H](NC(=O)[C@H](CCN)NC(=O)[C@@H](NC(=O)CC(N)C2CCCCC2)C(C)O)CCNC(=O)C(C(C)O)NC(=O)[C@H](CCN)NC(=O)[C@H](CCN)NC1=O. The van der Waals surface area contributed by atoms with Crippen molar-refractivity contribution >= 4 is 59.1 Å². The van der Waals surface area contributed by atoms with Gasteiger partial charge >= 0.3 is 0 Å². The lowest BCUT2D eigenvalue weighted by Crippen LogP contribution is -2.61. The van der Waals surface area contributed by atoms with E-state index in [1.54, 1.807) is 27.7 Å². The lowest BCUT2D eigenvalue weighted by Gasteiger charge is -2.29. The molecule has 0 aromatic rings. The number of amides is 10. The van der Waals surface area contributed by atoms with E-state index < -0.39 is 145 Å². The predicted molar refractivity (Wildman–Crippen MR) is 281 cm³/mol. The van der Waals surface area contributed by atoms with Gasteiger partial charge in [0.15, 0.2) is 0 Å². The Morgan fingerprint density at radius 2 is 1.01 bits per heavy atom. The highest BCUT2D eigenvalue weighted by Gasteiger charge is 2.37. The van der Waals surface area contributed by atoms with E-state index in [0.29, 0.717) is 0 Å². The van der Waals surface area contributed by atoms with E-state index in [9.17, 15) is 58.2 Å². The first kappa shape index (κ1) is 66.5. The Kier molecular flexibility index (Phi) is 30.0. The molecule has 2 rings (SSSR count). The maximum Gasteiger partial charge on any atom is 0.245 e. The zero-order chi connectivity index (χ0) is 57.2. The molecule has 0 aromatic carbocycles. The zero-order valence-corrected chi connectivity index (χ0v) is 45.3. The first-order valence-electron chi connectivity index (χ1n) is 26.8. The summed E-state index contributed by atoms with van der Waals surface area (Å²) in [6.07, 6.45) is 0.801. The molecule has 0 spiro atoms. The maximum absolute atomic E-state index is 14.3. The molecule has 10 amide bonds. The number of carbonyl (C=O) groups is 10. The Morgan fingerprint density at radius 1 is 0.566 bits per heavy atom. The van der Waals surface area contributed by atoms with Gasteiger partial charge in [0.25, 0.3) is 0 Å².